The van der Waals surface area contributed by atoms with Crippen LogP contribution in [-0.2, 0) is 0 Å². The van der Waals surface area contributed by atoms with Gasteiger partial charge in [-0.1, -0.05) is 15.9 Å². The molecule has 1 aromatic rings. The molecule has 1 aliphatic rings. The molecule has 0 saturated carbocycles. The number of aliphatic hydroxyl groups is 2. The van der Waals surface area contributed by atoms with Crippen molar-refractivity contribution in [3.8, 4) is 0 Å². The highest BCUT2D eigenvalue weighted by atomic mass is 79.9. The molecular formula is C11H11BrFNO3. The Balaban J connectivity index is 2.20. The van der Waals surface area contributed by atoms with Crippen LogP contribution in [0.2, 0.25) is 0 Å². The molecule has 92 valence electrons. The van der Waals surface area contributed by atoms with E-state index >= 15 is 0 Å². The number of rotatable bonds is 1. The van der Waals surface area contributed by atoms with Crippen LogP contribution >= 0.6 is 15.9 Å². The number of likely N-dealkylation sites (tertiary alicyclic amines) is 1. The van der Waals surface area contributed by atoms with Crippen LogP contribution < -0.4 is 0 Å². The summed E-state index contributed by atoms with van der Waals surface area (Å²) in [7, 11) is 0. The van der Waals surface area contributed by atoms with Crippen molar-refractivity contribution in [3.05, 3.63) is 34.1 Å². The molecule has 0 spiro atoms. The van der Waals surface area contributed by atoms with E-state index in [1.165, 1.54) is 17.0 Å². The first-order valence-electron chi connectivity index (χ1n) is 5.09. The SMILES string of the molecule is O=C(c1ccc(Br)cc1F)N1CC(O)C(O)C1. The lowest BCUT2D eigenvalue weighted by Crippen LogP contribution is -2.30. The van der Waals surface area contributed by atoms with Crippen molar-refractivity contribution in [1.29, 1.82) is 0 Å². The number of hydrogen-bond acceptors (Lipinski definition) is 3. The third-order valence-electron chi connectivity index (χ3n) is 2.71. The van der Waals surface area contributed by atoms with E-state index in [0.29, 0.717) is 4.47 Å². The van der Waals surface area contributed by atoms with Crippen molar-refractivity contribution in [3.63, 3.8) is 0 Å². The zero-order valence-electron chi connectivity index (χ0n) is 8.81. The Hall–Kier alpha value is -0.980. The Morgan fingerprint density at radius 3 is 2.47 bits per heavy atom. The maximum Gasteiger partial charge on any atom is 0.257 e. The smallest absolute Gasteiger partial charge is 0.257 e. The molecule has 2 rings (SSSR count). The van der Waals surface area contributed by atoms with Gasteiger partial charge in [-0.15, -0.1) is 0 Å². The molecule has 1 fully saturated rings. The number of carbonyl (C=O) groups excluding carboxylic acids is 1. The molecule has 6 heteroatoms. The second kappa shape index (κ2) is 4.72. The summed E-state index contributed by atoms with van der Waals surface area (Å²) < 4.78 is 14.1. The van der Waals surface area contributed by atoms with E-state index in [1.807, 2.05) is 0 Å². The monoisotopic (exact) mass is 303 g/mol. The number of aliphatic hydroxyl groups excluding tert-OH is 2. The van der Waals surface area contributed by atoms with E-state index in [0.717, 1.165) is 0 Å². The molecular weight excluding hydrogens is 293 g/mol. The lowest BCUT2D eigenvalue weighted by molar-refractivity contribution is 0.0572. The lowest BCUT2D eigenvalue weighted by atomic mass is 10.2. The maximum absolute atomic E-state index is 13.5. The van der Waals surface area contributed by atoms with Crippen molar-refractivity contribution in [2.45, 2.75) is 12.2 Å². The Morgan fingerprint density at radius 1 is 1.35 bits per heavy atom. The summed E-state index contributed by atoms with van der Waals surface area (Å²) in [5.74, 6) is -1.15. The van der Waals surface area contributed by atoms with Crippen LogP contribution in [-0.4, -0.2) is 46.3 Å². The van der Waals surface area contributed by atoms with E-state index < -0.39 is 23.9 Å². The highest BCUT2D eigenvalue weighted by Gasteiger charge is 2.33. The average molecular weight is 304 g/mol. The van der Waals surface area contributed by atoms with Gasteiger partial charge in [-0.05, 0) is 18.2 Å². The van der Waals surface area contributed by atoms with Crippen LogP contribution in [0.3, 0.4) is 0 Å². The third kappa shape index (κ3) is 2.48. The summed E-state index contributed by atoms with van der Waals surface area (Å²) in [5.41, 5.74) is -0.0606. The minimum Gasteiger partial charge on any atom is -0.388 e. The average Bonchev–Trinajstić information content (AvgIpc) is 2.58. The Labute approximate surface area is 106 Å². The van der Waals surface area contributed by atoms with Gasteiger partial charge in [0.2, 0.25) is 0 Å². The molecule has 0 aromatic heterocycles. The Morgan fingerprint density at radius 2 is 1.94 bits per heavy atom. The largest absolute Gasteiger partial charge is 0.388 e. The highest BCUT2D eigenvalue weighted by Crippen LogP contribution is 2.19. The fourth-order valence-corrected chi connectivity index (χ4v) is 2.10. The minimum atomic E-state index is -0.961. The molecule has 2 atom stereocenters. The predicted molar refractivity (Wildman–Crippen MR) is 62.0 cm³/mol. The first kappa shape index (κ1) is 12.5. The van der Waals surface area contributed by atoms with Gasteiger partial charge in [-0.25, -0.2) is 4.39 Å². The van der Waals surface area contributed by atoms with Gasteiger partial charge in [0.15, 0.2) is 0 Å². The first-order valence-corrected chi connectivity index (χ1v) is 5.89. The van der Waals surface area contributed by atoms with Crippen molar-refractivity contribution in [1.82, 2.24) is 4.90 Å². The molecule has 0 bridgehead atoms. The number of halogens is 2. The molecule has 0 aliphatic carbocycles. The molecule has 2 N–H and O–H groups in total. The van der Waals surface area contributed by atoms with Crippen LogP contribution in [0.1, 0.15) is 10.4 Å². The van der Waals surface area contributed by atoms with Gasteiger partial charge in [0, 0.05) is 17.6 Å². The van der Waals surface area contributed by atoms with Gasteiger partial charge >= 0.3 is 0 Å². The van der Waals surface area contributed by atoms with Gasteiger partial charge in [0.25, 0.3) is 5.91 Å². The molecule has 17 heavy (non-hydrogen) atoms. The van der Waals surface area contributed by atoms with Crippen LogP contribution in [0.4, 0.5) is 4.39 Å². The summed E-state index contributed by atoms with van der Waals surface area (Å²) >= 11 is 3.10. The summed E-state index contributed by atoms with van der Waals surface area (Å²) in [5, 5.41) is 18.7. The van der Waals surface area contributed by atoms with Crippen molar-refractivity contribution in [2.75, 3.05) is 13.1 Å². The third-order valence-corrected chi connectivity index (χ3v) is 3.20. The number of β-amino-alcohol motifs (C(OH)–C–C–N with tert-alkyl or cyclic N) is 2. The molecule has 1 saturated heterocycles. The molecule has 1 heterocycles. The first-order chi connectivity index (χ1) is 7.99. The van der Waals surface area contributed by atoms with Gasteiger partial charge in [0.05, 0.1) is 17.8 Å². The van der Waals surface area contributed by atoms with Crippen molar-refractivity contribution in [2.24, 2.45) is 0 Å². The number of carbonyl (C=O) groups is 1. The lowest BCUT2D eigenvalue weighted by Gasteiger charge is -2.15. The maximum atomic E-state index is 13.5. The second-order valence-electron chi connectivity index (χ2n) is 3.97. The second-order valence-corrected chi connectivity index (χ2v) is 4.88. The number of hydrogen-bond donors (Lipinski definition) is 2. The zero-order chi connectivity index (χ0) is 12.6. The molecule has 0 radical (unpaired) electrons. The topological polar surface area (TPSA) is 60.8 Å². The summed E-state index contributed by atoms with van der Waals surface area (Å²) in [6, 6.07) is 4.15. The van der Waals surface area contributed by atoms with Crippen LogP contribution in [0.15, 0.2) is 22.7 Å². The van der Waals surface area contributed by atoms with Gasteiger partial charge in [-0.3, -0.25) is 4.79 Å². The fourth-order valence-electron chi connectivity index (χ4n) is 1.77. The van der Waals surface area contributed by atoms with Gasteiger partial charge in [-0.2, -0.15) is 0 Å². The quantitative estimate of drug-likeness (QED) is 0.805. The van der Waals surface area contributed by atoms with E-state index in [9.17, 15) is 19.4 Å². The molecule has 4 nitrogen and oxygen atoms in total. The van der Waals surface area contributed by atoms with E-state index in [2.05, 4.69) is 15.9 Å². The number of benzene rings is 1. The zero-order valence-corrected chi connectivity index (χ0v) is 10.4. The van der Waals surface area contributed by atoms with Crippen molar-refractivity contribution >= 4 is 21.8 Å². The van der Waals surface area contributed by atoms with E-state index in [-0.39, 0.29) is 18.7 Å². The Bertz CT molecular complexity index is 444. The number of nitrogens with zero attached hydrogens (tertiary/aromatic N) is 1. The summed E-state index contributed by atoms with van der Waals surface area (Å²) in [6.07, 6.45) is -1.92. The van der Waals surface area contributed by atoms with E-state index in [1.54, 1.807) is 6.07 Å². The van der Waals surface area contributed by atoms with E-state index in [4.69, 9.17) is 0 Å². The molecule has 1 aromatic carbocycles. The standard InChI is InChI=1S/C11H11BrFNO3/c12-6-1-2-7(8(13)3-6)11(17)14-4-9(15)10(16)5-14/h1-3,9-10,15-16H,4-5H2. The summed E-state index contributed by atoms with van der Waals surface area (Å²) in [4.78, 5) is 13.2. The molecule has 1 aliphatic heterocycles. The minimum absolute atomic E-state index is 0.0233. The predicted octanol–water partition coefficient (Wildman–Crippen LogP) is 0.766. The Kier molecular flexibility index (Phi) is 3.46. The molecule has 2 unspecified atom stereocenters. The fraction of sp³-hybridized carbons (Fsp3) is 0.364. The molecule has 1 amide bonds. The number of amides is 1. The highest BCUT2D eigenvalue weighted by molar-refractivity contribution is 9.10. The van der Waals surface area contributed by atoms with Gasteiger partial charge in [0.1, 0.15) is 5.82 Å². The van der Waals surface area contributed by atoms with Gasteiger partial charge < -0.3 is 15.1 Å². The van der Waals surface area contributed by atoms with Crippen molar-refractivity contribution < 1.29 is 19.4 Å². The van der Waals surface area contributed by atoms with Crippen LogP contribution in [0, 0.1) is 5.82 Å². The van der Waals surface area contributed by atoms with Crippen LogP contribution in [0.25, 0.3) is 0 Å². The van der Waals surface area contributed by atoms with Crippen LogP contribution in [0.5, 0.6) is 0 Å². The summed E-state index contributed by atoms with van der Waals surface area (Å²) in [6.45, 7) is 0.0466. The normalized spacial score (nSPS) is 24.1.